The molecule has 2 aromatic carbocycles. The Bertz CT molecular complexity index is 624. The molecule has 0 heterocycles. The van der Waals surface area contributed by atoms with Gasteiger partial charge in [-0.25, -0.2) is 4.79 Å². The molecule has 3 N–H and O–H groups in total. The maximum atomic E-state index is 11.8. The number of hydrogen-bond acceptors (Lipinski definition) is 2. The fourth-order valence-electron chi connectivity index (χ4n) is 1.92. The van der Waals surface area contributed by atoms with Gasteiger partial charge in [0, 0.05) is 6.54 Å². The third kappa shape index (κ3) is 3.75. The molecule has 104 valence electrons. The van der Waals surface area contributed by atoms with Crippen molar-refractivity contribution in [1.82, 2.24) is 5.32 Å². The van der Waals surface area contributed by atoms with Crippen molar-refractivity contribution in [2.45, 2.75) is 20.4 Å². The van der Waals surface area contributed by atoms with Crippen molar-refractivity contribution in [3.05, 3.63) is 59.2 Å². The zero-order valence-corrected chi connectivity index (χ0v) is 11.6. The van der Waals surface area contributed by atoms with Crippen molar-refractivity contribution in [2.24, 2.45) is 0 Å². The quantitative estimate of drug-likeness (QED) is 0.749. The Morgan fingerprint density at radius 2 is 1.85 bits per heavy atom. The molecule has 0 atom stereocenters. The Morgan fingerprint density at radius 1 is 1.10 bits per heavy atom. The number of phenolic OH excluding ortho intramolecular Hbond substituents is 1. The molecule has 0 aromatic heterocycles. The molecule has 0 aliphatic carbocycles. The first kappa shape index (κ1) is 13.9. The van der Waals surface area contributed by atoms with Gasteiger partial charge < -0.3 is 15.7 Å². The summed E-state index contributed by atoms with van der Waals surface area (Å²) in [5, 5.41) is 15.1. The summed E-state index contributed by atoms with van der Waals surface area (Å²) in [7, 11) is 0. The Kier molecular flexibility index (Phi) is 4.25. The number of nitrogens with one attached hydrogen (secondary N) is 2. The molecule has 0 fully saturated rings. The van der Waals surface area contributed by atoms with Crippen LogP contribution in [0.1, 0.15) is 16.7 Å². The Hall–Kier alpha value is -2.49. The van der Waals surface area contributed by atoms with Gasteiger partial charge in [0.1, 0.15) is 5.75 Å². The van der Waals surface area contributed by atoms with Crippen LogP contribution in [0.2, 0.25) is 0 Å². The summed E-state index contributed by atoms with van der Waals surface area (Å²) in [6.45, 7) is 4.33. The standard InChI is InChI=1S/C16H18N2O2/c1-11-4-3-5-13(8-11)10-17-16(20)18-14-7-6-12(2)9-15(14)19/h3-9,19H,10H2,1-2H3,(H2,17,18,20). The summed E-state index contributed by atoms with van der Waals surface area (Å²) in [5.41, 5.74) is 3.53. The summed E-state index contributed by atoms with van der Waals surface area (Å²) >= 11 is 0. The molecular weight excluding hydrogens is 252 g/mol. The topological polar surface area (TPSA) is 61.4 Å². The minimum absolute atomic E-state index is 0.0655. The molecule has 2 amide bonds. The Balaban J connectivity index is 1.92. The number of benzene rings is 2. The van der Waals surface area contributed by atoms with Gasteiger partial charge in [0.15, 0.2) is 0 Å². The lowest BCUT2D eigenvalue weighted by atomic mass is 10.1. The number of aryl methyl sites for hydroxylation is 2. The highest BCUT2D eigenvalue weighted by molar-refractivity contribution is 5.90. The maximum Gasteiger partial charge on any atom is 0.319 e. The minimum atomic E-state index is -0.342. The zero-order chi connectivity index (χ0) is 14.5. The van der Waals surface area contributed by atoms with E-state index in [4.69, 9.17) is 0 Å². The second-order valence-corrected chi connectivity index (χ2v) is 4.82. The molecule has 0 bridgehead atoms. The van der Waals surface area contributed by atoms with Gasteiger partial charge in [-0.3, -0.25) is 0 Å². The van der Waals surface area contributed by atoms with Gasteiger partial charge in [-0.1, -0.05) is 35.9 Å². The number of anilines is 1. The molecule has 0 aliphatic heterocycles. The van der Waals surface area contributed by atoms with Crippen LogP contribution in [0.15, 0.2) is 42.5 Å². The van der Waals surface area contributed by atoms with E-state index < -0.39 is 0 Å². The largest absolute Gasteiger partial charge is 0.506 e. The van der Waals surface area contributed by atoms with Crippen molar-refractivity contribution < 1.29 is 9.90 Å². The molecule has 0 radical (unpaired) electrons. The molecule has 4 nitrogen and oxygen atoms in total. The molecule has 0 unspecified atom stereocenters. The number of carbonyl (C=O) groups excluding carboxylic acids is 1. The van der Waals surface area contributed by atoms with Crippen molar-refractivity contribution in [2.75, 3.05) is 5.32 Å². The maximum absolute atomic E-state index is 11.8. The Morgan fingerprint density at radius 3 is 2.55 bits per heavy atom. The van der Waals surface area contributed by atoms with Crippen molar-refractivity contribution in [1.29, 1.82) is 0 Å². The number of carbonyl (C=O) groups is 1. The highest BCUT2D eigenvalue weighted by Gasteiger charge is 2.06. The molecule has 20 heavy (non-hydrogen) atoms. The predicted molar refractivity (Wildman–Crippen MR) is 79.9 cm³/mol. The summed E-state index contributed by atoms with van der Waals surface area (Å²) in [5.74, 6) is 0.0655. The first-order valence-corrected chi connectivity index (χ1v) is 6.44. The van der Waals surface area contributed by atoms with Gasteiger partial charge >= 0.3 is 6.03 Å². The number of hydrogen-bond donors (Lipinski definition) is 3. The number of aromatic hydroxyl groups is 1. The van der Waals surface area contributed by atoms with Crippen molar-refractivity contribution >= 4 is 11.7 Å². The van der Waals surface area contributed by atoms with Crippen LogP contribution in [-0.2, 0) is 6.54 Å². The average molecular weight is 270 g/mol. The zero-order valence-electron chi connectivity index (χ0n) is 11.6. The monoisotopic (exact) mass is 270 g/mol. The van der Waals surface area contributed by atoms with Crippen molar-refractivity contribution in [3.8, 4) is 5.75 Å². The van der Waals surface area contributed by atoms with Crippen LogP contribution in [0.4, 0.5) is 10.5 Å². The smallest absolute Gasteiger partial charge is 0.319 e. The van der Waals surface area contributed by atoms with E-state index in [-0.39, 0.29) is 11.8 Å². The van der Waals surface area contributed by atoms with Crippen LogP contribution < -0.4 is 10.6 Å². The van der Waals surface area contributed by atoms with Gasteiger partial charge in [-0.15, -0.1) is 0 Å². The summed E-state index contributed by atoms with van der Waals surface area (Å²) in [6, 6.07) is 12.7. The highest BCUT2D eigenvalue weighted by atomic mass is 16.3. The van der Waals surface area contributed by atoms with Crippen LogP contribution >= 0.6 is 0 Å². The predicted octanol–water partition coefficient (Wildman–Crippen LogP) is 3.33. The second-order valence-electron chi connectivity index (χ2n) is 4.82. The summed E-state index contributed by atoms with van der Waals surface area (Å²) < 4.78 is 0. The summed E-state index contributed by atoms with van der Waals surface area (Å²) in [4.78, 5) is 11.8. The second kappa shape index (κ2) is 6.10. The van der Waals surface area contributed by atoms with E-state index in [1.165, 1.54) is 0 Å². The minimum Gasteiger partial charge on any atom is -0.506 e. The molecule has 2 rings (SSSR count). The highest BCUT2D eigenvalue weighted by Crippen LogP contribution is 2.23. The van der Waals surface area contributed by atoms with Crippen LogP contribution in [-0.4, -0.2) is 11.1 Å². The van der Waals surface area contributed by atoms with Crippen LogP contribution in [0.25, 0.3) is 0 Å². The lowest BCUT2D eigenvalue weighted by Gasteiger charge is -2.10. The SMILES string of the molecule is Cc1cccc(CNC(=O)Nc2ccc(C)cc2O)c1. The number of amides is 2. The molecule has 0 spiro atoms. The molecule has 0 saturated heterocycles. The molecule has 0 aliphatic rings. The van der Waals surface area contributed by atoms with Gasteiger partial charge in [-0.05, 0) is 37.1 Å². The van der Waals surface area contributed by atoms with E-state index in [0.717, 1.165) is 16.7 Å². The van der Waals surface area contributed by atoms with E-state index in [2.05, 4.69) is 10.6 Å². The van der Waals surface area contributed by atoms with Gasteiger partial charge in [0.05, 0.1) is 5.69 Å². The number of rotatable bonds is 3. The van der Waals surface area contributed by atoms with E-state index in [1.807, 2.05) is 44.2 Å². The van der Waals surface area contributed by atoms with E-state index in [1.54, 1.807) is 12.1 Å². The molecule has 2 aromatic rings. The first-order valence-electron chi connectivity index (χ1n) is 6.44. The fraction of sp³-hybridized carbons (Fsp3) is 0.188. The van der Waals surface area contributed by atoms with Crippen LogP contribution in [0.5, 0.6) is 5.75 Å². The van der Waals surface area contributed by atoms with Gasteiger partial charge in [-0.2, -0.15) is 0 Å². The van der Waals surface area contributed by atoms with E-state index in [0.29, 0.717) is 12.2 Å². The normalized spacial score (nSPS) is 10.1. The fourth-order valence-corrected chi connectivity index (χ4v) is 1.92. The number of urea groups is 1. The first-order chi connectivity index (χ1) is 9.54. The average Bonchev–Trinajstić information content (AvgIpc) is 2.40. The van der Waals surface area contributed by atoms with Crippen LogP contribution in [0, 0.1) is 13.8 Å². The summed E-state index contributed by atoms with van der Waals surface area (Å²) in [6.07, 6.45) is 0. The van der Waals surface area contributed by atoms with Crippen molar-refractivity contribution in [3.63, 3.8) is 0 Å². The Labute approximate surface area is 118 Å². The van der Waals surface area contributed by atoms with Gasteiger partial charge in [0.2, 0.25) is 0 Å². The lowest BCUT2D eigenvalue weighted by Crippen LogP contribution is -2.28. The number of phenols is 1. The molecular formula is C16H18N2O2. The van der Waals surface area contributed by atoms with Gasteiger partial charge in [0.25, 0.3) is 0 Å². The van der Waals surface area contributed by atoms with Crippen LogP contribution in [0.3, 0.4) is 0 Å². The third-order valence-electron chi connectivity index (χ3n) is 2.94. The lowest BCUT2D eigenvalue weighted by molar-refractivity contribution is 0.251. The molecule has 0 saturated carbocycles. The molecule has 4 heteroatoms. The van der Waals surface area contributed by atoms with E-state index in [9.17, 15) is 9.90 Å². The third-order valence-corrected chi connectivity index (χ3v) is 2.94. The van der Waals surface area contributed by atoms with E-state index >= 15 is 0 Å².